The molecule has 0 N–H and O–H groups in total. The van der Waals surface area contributed by atoms with Crippen LogP contribution in [0.15, 0.2) is 24.3 Å². The van der Waals surface area contributed by atoms with Gasteiger partial charge in [-0.05, 0) is 30.4 Å². The van der Waals surface area contributed by atoms with Crippen LogP contribution in [0.1, 0.15) is 24.0 Å². The van der Waals surface area contributed by atoms with E-state index in [2.05, 4.69) is 6.08 Å². The fourth-order valence-corrected chi connectivity index (χ4v) is 1.70. The highest BCUT2D eigenvalue weighted by Crippen LogP contribution is 2.23. The van der Waals surface area contributed by atoms with Crippen molar-refractivity contribution < 1.29 is 4.92 Å². The zero-order chi connectivity index (χ0) is 9.97. The van der Waals surface area contributed by atoms with Crippen LogP contribution in [0.4, 0.5) is 5.69 Å². The van der Waals surface area contributed by atoms with Crippen LogP contribution in [0.2, 0.25) is 0 Å². The van der Waals surface area contributed by atoms with Gasteiger partial charge in [0, 0.05) is 12.1 Å². The molecule has 0 heterocycles. The maximum Gasteiger partial charge on any atom is 0.270 e. The molecule has 0 aromatic heterocycles. The fourth-order valence-electron chi connectivity index (χ4n) is 1.70. The van der Waals surface area contributed by atoms with Crippen LogP contribution >= 0.6 is 0 Å². The summed E-state index contributed by atoms with van der Waals surface area (Å²) in [6.45, 7) is 0. The molecule has 0 amide bonds. The molecule has 0 fully saturated rings. The van der Waals surface area contributed by atoms with Crippen molar-refractivity contribution >= 4 is 11.8 Å². The highest BCUT2D eigenvalue weighted by Gasteiger charge is 2.09. The number of fused-ring (bicyclic) bond motifs is 1. The van der Waals surface area contributed by atoms with E-state index in [0.717, 1.165) is 24.8 Å². The highest BCUT2D eigenvalue weighted by molar-refractivity contribution is 5.58. The lowest BCUT2D eigenvalue weighted by molar-refractivity contribution is -0.384. The smallest absolute Gasteiger partial charge is 0.258 e. The van der Waals surface area contributed by atoms with Gasteiger partial charge in [0.05, 0.1) is 4.92 Å². The van der Waals surface area contributed by atoms with E-state index in [1.54, 1.807) is 12.1 Å². The first-order valence-corrected chi connectivity index (χ1v) is 4.71. The number of rotatable bonds is 1. The molecule has 0 aliphatic heterocycles. The Morgan fingerprint density at radius 1 is 1.36 bits per heavy atom. The Hall–Kier alpha value is -1.64. The van der Waals surface area contributed by atoms with Gasteiger partial charge in [0.15, 0.2) is 0 Å². The molecule has 0 atom stereocenters. The second-order valence-corrected chi connectivity index (χ2v) is 3.43. The summed E-state index contributed by atoms with van der Waals surface area (Å²) in [5, 5.41) is 10.6. The quantitative estimate of drug-likeness (QED) is 0.503. The summed E-state index contributed by atoms with van der Waals surface area (Å²) in [5.41, 5.74) is 2.39. The van der Waals surface area contributed by atoms with Gasteiger partial charge in [0.1, 0.15) is 0 Å². The minimum atomic E-state index is -0.348. The molecule has 72 valence electrons. The van der Waals surface area contributed by atoms with Gasteiger partial charge in [-0.1, -0.05) is 18.2 Å². The molecule has 14 heavy (non-hydrogen) atoms. The van der Waals surface area contributed by atoms with Crippen molar-refractivity contribution in [1.82, 2.24) is 0 Å². The SMILES string of the molecule is O=[N+]([O-])c1ccc2c(c1)C=CCCC2. The third kappa shape index (κ3) is 1.66. The van der Waals surface area contributed by atoms with Crippen LogP contribution < -0.4 is 0 Å². The van der Waals surface area contributed by atoms with Crippen LogP contribution in [0, 0.1) is 10.1 Å². The number of hydrogen-bond donors (Lipinski definition) is 0. The molecule has 1 aromatic carbocycles. The van der Waals surface area contributed by atoms with E-state index >= 15 is 0 Å². The second kappa shape index (κ2) is 3.62. The lowest BCUT2D eigenvalue weighted by atomic mass is 10.0. The summed E-state index contributed by atoms with van der Waals surface area (Å²) in [7, 11) is 0. The number of nitro benzene ring substituents is 1. The van der Waals surface area contributed by atoms with Crippen molar-refractivity contribution in [3.8, 4) is 0 Å². The number of benzene rings is 1. The fraction of sp³-hybridized carbons (Fsp3) is 0.273. The third-order valence-electron chi connectivity index (χ3n) is 2.45. The molecular formula is C11H11NO2. The van der Waals surface area contributed by atoms with Crippen molar-refractivity contribution in [2.24, 2.45) is 0 Å². The predicted molar refractivity (Wildman–Crippen MR) is 55.1 cm³/mol. The summed E-state index contributed by atoms with van der Waals surface area (Å²) >= 11 is 0. The molecule has 1 aromatic rings. The van der Waals surface area contributed by atoms with Gasteiger partial charge >= 0.3 is 0 Å². The van der Waals surface area contributed by atoms with E-state index in [4.69, 9.17) is 0 Å². The first-order chi connectivity index (χ1) is 6.77. The zero-order valence-electron chi connectivity index (χ0n) is 7.77. The van der Waals surface area contributed by atoms with E-state index in [1.807, 2.05) is 12.1 Å². The summed E-state index contributed by atoms with van der Waals surface area (Å²) < 4.78 is 0. The topological polar surface area (TPSA) is 43.1 Å². The first kappa shape index (κ1) is 8.94. The van der Waals surface area contributed by atoms with Crippen LogP contribution in [0.5, 0.6) is 0 Å². The predicted octanol–water partition coefficient (Wildman–Crippen LogP) is 2.94. The average Bonchev–Trinajstić information content (AvgIpc) is 2.41. The van der Waals surface area contributed by atoms with Crippen molar-refractivity contribution in [2.45, 2.75) is 19.3 Å². The van der Waals surface area contributed by atoms with E-state index < -0.39 is 0 Å². The molecule has 0 saturated heterocycles. The Kier molecular flexibility index (Phi) is 2.31. The molecule has 1 aliphatic rings. The second-order valence-electron chi connectivity index (χ2n) is 3.43. The van der Waals surface area contributed by atoms with Crippen LogP contribution in [-0.4, -0.2) is 4.92 Å². The van der Waals surface area contributed by atoms with Gasteiger partial charge in [0.2, 0.25) is 0 Å². The minimum Gasteiger partial charge on any atom is -0.258 e. The minimum absolute atomic E-state index is 0.176. The van der Waals surface area contributed by atoms with Gasteiger partial charge in [0.25, 0.3) is 5.69 Å². The molecule has 1 aliphatic carbocycles. The first-order valence-electron chi connectivity index (χ1n) is 4.71. The standard InChI is InChI=1S/C11H11NO2/c13-12(14)11-7-6-9-4-2-1-3-5-10(9)8-11/h3,5-8H,1-2,4H2. The van der Waals surface area contributed by atoms with E-state index in [9.17, 15) is 10.1 Å². The van der Waals surface area contributed by atoms with Crippen molar-refractivity contribution in [3.05, 3.63) is 45.5 Å². The molecule has 0 unspecified atom stereocenters. The Bertz CT molecular complexity index is 396. The van der Waals surface area contributed by atoms with Crippen molar-refractivity contribution in [3.63, 3.8) is 0 Å². The maximum absolute atomic E-state index is 10.6. The zero-order valence-corrected chi connectivity index (χ0v) is 7.77. The molecule has 3 heteroatoms. The van der Waals surface area contributed by atoms with Crippen molar-refractivity contribution in [2.75, 3.05) is 0 Å². The Labute approximate surface area is 82.2 Å². The largest absolute Gasteiger partial charge is 0.270 e. The lowest BCUT2D eigenvalue weighted by Gasteiger charge is -2.02. The van der Waals surface area contributed by atoms with Gasteiger partial charge in [-0.15, -0.1) is 0 Å². The average molecular weight is 189 g/mol. The maximum atomic E-state index is 10.6. The van der Waals surface area contributed by atoms with E-state index in [-0.39, 0.29) is 10.6 Å². The summed E-state index contributed by atoms with van der Waals surface area (Å²) in [5.74, 6) is 0. The molecule has 3 nitrogen and oxygen atoms in total. The third-order valence-corrected chi connectivity index (χ3v) is 2.45. The summed E-state index contributed by atoms with van der Waals surface area (Å²) in [6, 6.07) is 5.10. The summed E-state index contributed by atoms with van der Waals surface area (Å²) in [6.07, 6.45) is 7.26. The van der Waals surface area contributed by atoms with Gasteiger partial charge in [-0.2, -0.15) is 0 Å². The number of allylic oxidation sites excluding steroid dienone is 1. The number of nitro groups is 1. The number of non-ortho nitro benzene ring substituents is 1. The number of hydrogen-bond acceptors (Lipinski definition) is 2. The van der Waals surface area contributed by atoms with Crippen LogP contribution in [-0.2, 0) is 6.42 Å². The number of nitrogens with zero attached hydrogens (tertiary/aromatic N) is 1. The molecule has 0 saturated carbocycles. The molecule has 0 spiro atoms. The lowest BCUT2D eigenvalue weighted by Crippen LogP contribution is -1.92. The van der Waals surface area contributed by atoms with Crippen LogP contribution in [0.3, 0.4) is 0 Å². The van der Waals surface area contributed by atoms with Gasteiger partial charge in [-0.3, -0.25) is 10.1 Å². The normalized spacial score (nSPS) is 14.6. The van der Waals surface area contributed by atoms with E-state index in [1.165, 1.54) is 5.56 Å². The van der Waals surface area contributed by atoms with Crippen molar-refractivity contribution in [1.29, 1.82) is 0 Å². The molecule has 2 rings (SSSR count). The van der Waals surface area contributed by atoms with E-state index in [0.29, 0.717) is 0 Å². The molecule has 0 radical (unpaired) electrons. The summed E-state index contributed by atoms with van der Waals surface area (Å²) in [4.78, 5) is 10.2. The van der Waals surface area contributed by atoms with Crippen LogP contribution in [0.25, 0.3) is 6.08 Å². The molecule has 0 bridgehead atoms. The highest BCUT2D eigenvalue weighted by atomic mass is 16.6. The van der Waals surface area contributed by atoms with Gasteiger partial charge in [-0.25, -0.2) is 0 Å². The number of aryl methyl sites for hydroxylation is 1. The van der Waals surface area contributed by atoms with Gasteiger partial charge < -0.3 is 0 Å². The molecular weight excluding hydrogens is 178 g/mol. The Morgan fingerprint density at radius 3 is 3.00 bits per heavy atom. The monoisotopic (exact) mass is 189 g/mol. The Morgan fingerprint density at radius 2 is 2.21 bits per heavy atom. The Balaban J connectivity index is 2.45.